The van der Waals surface area contributed by atoms with Gasteiger partial charge in [-0.1, -0.05) is 0 Å². The molecule has 8 heteroatoms. The quantitative estimate of drug-likeness (QED) is 0.599. The summed E-state index contributed by atoms with van der Waals surface area (Å²) >= 11 is 0. The molecule has 0 aromatic heterocycles. The molecule has 0 N–H and O–H groups in total. The van der Waals surface area contributed by atoms with E-state index in [1.807, 2.05) is 7.05 Å². The van der Waals surface area contributed by atoms with Crippen LogP contribution >= 0.6 is 0 Å². The molecule has 1 atom stereocenters. The predicted octanol–water partition coefficient (Wildman–Crippen LogP) is -0.390. The number of likely N-dealkylation sites (tertiary alicyclic amines) is 1. The first-order valence-electron chi connectivity index (χ1n) is 6.70. The molecule has 0 saturated carbocycles. The van der Waals surface area contributed by atoms with Gasteiger partial charge in [0.25, 0.3) is 10.2 Å². The highest BCUT2D eigenvalue weighted by molar-refractivity contribution is 7.86. The monoisotopic (exact) mass is 307 g/mol. The summed E-state index contributed by atoms with van der Waals surface area (Å²) in [6.07, 6.45) is 1.08. The van der Waals surface area contributed by atoms with Crippen LogP contribution in [-0.4, -0.2) is 82.3 Å². The maximum Gasteiger partial charge on any atom is 0.306 e. The van der Waals surface area contributed by atoms with Crippen molar-refractivity contribution in [3.8, 4) is 0 Å². The number of esters is 1. The average Bonchev–Trinajstić information content (AvgIpc) is 2.80. The van der Waals surface area contributed by atoms with Crippen molar-refractivity contribution in [2.24, 2.45) is 5.92 Å². The molecule has 118 valence electrons. The first-order valence-corrected chi connectivity index (χ1v) is 8.10. The topological polar surface area (TPSA) is 70.2 Å². The zero-order valence-corrected chi connectivity index (χ0v) is 13.5. The van der Waals surface area contributed by atoms with Crippen molar-refractivity contribution in [2.45, 2.75) is 12.8 Å². The van der Waals surface area contributed by atoms with Crippen LogP contribution in [0.25, 0.3) is 0 Å². The Morgan fingerprint density at radius 3 is 2.50 bits per heavy atom. The van der Waals surface area contributed by atoms with Gasteiger partial charge in [-0.05, 0) is 25.9 Å². The van der Waals surface area contributed by atoms with E-state index in [2.05, 4.69) is 9.64 Å². The van der Waals surface area contributed by atoms with Gasteiger partial charge in [0.15, 0.2) is 0 Å². The second-order valence-electron chi connectivity index (χ2n) is 5.35. The van der Waals surface area contributed by atoms with Gasteiger partial charge in [0.2, 0.25) is 0 Å². The van der Waals surface area contributed by atoms with E-state index in [0.717, 1.165) is 19.5 Å². The number of rotatable bonds is 7. The summed E-state index contributed by atoms with van der Waals surface area (Å²) < 4.78 is 31.7. The van der Waals surface area contributed by atoms with Crippen LogP contribution in [0.1, 0.15) is 12.8 Å². The highest BCUT2D eigenvalue weighted by Crippen LogP contribution is 2.17. The van der Waals surface area contributed by atoms with Gasteiger partial charge in [-0.2, -0.15) is 17.0 Å². The van der Waals surface area contributed by atoms with E-state index in [1.54, 1.807) is 7.05 Å². The highest BCUT2D eigenvalue weighted by Gasteiger charge is 2.28. The fourth-order valence-electron chi connectivity index (χ4n) is 2.34. The molecule has 0 aromatic rings. The van der Waals surface area contributed by atoms with E-state index < -0.39 is 16.2 Å². The second-order valence-corrected chi connectivity index (χ2v) is 7.50. The van der Waals surface area contributed by atoms with Crippen molar-refractivity contribution in [3.63, 3.8) is 0 Å². The Morgan fingerprint density at radius 2 is 2.00 bits per heavy atom. The second kappa shape index (κ2) is 7.35. The van der Waals surface area contributed by atoms with Gasteiger partial charge in [0, 0.05) is 33.7 Å². The summed E-state index contributed by atoms with van der Waals surface area (Å²) in [5.74, 6) is -0.0408. The minimum atomic E-state index is -3.51. The molecule has 0 spiro atoms. The fraction of sp³-hybridized carbons (Fsp3) is 0.917. The van der Waals surface area contributed by atoms with Crippen molar-refractivity contribution in [2.75, 3.05) is 54.4 Å². The van der Waals surface area contributed by atoms with Gasteiger partial charge in [-0.25, -0.2) is 0 Å². The molecule has 7 nitrogen and oxygen atoms in total. The molecule has 1 fully saturated rings. The number of methoxy groups -OCH3 is 1. The minimum absolute atomic E-state index is 0.0617. The summed E-state index contributed by atoms with van der Waals surface area (Å²) in [5.41, 5.74) is 0. The molecule has 1 rings (SSSR count). The Bertz CT molecular complexity index is 426. The SMILES string of the molecule is COC(=O)CCN(C)S(=O)(=O)N(C)CC1CCN(C)C1. The lowest BCUT2D eigenvalue weighted by molar-refractivity contribution is -0.140. The third-order valence-electron chi connectivity index (χ3n) is 3.65. The molecule has 0 radical (unpaired) electrons. The van der Waals surface area contributed by atoms with E-state index in [-0.39, 0.29) is 13.0 Å². The van der Waals surface area contributed by atoms with Crippen molar-refractivity contribution in [1.29, 1.82) is 0 Å². The Balaban J connectivity index is 2.51. The minimum Gasteiger partial charge on any atom is -0.469 e. The van der Waals surface area contributed by atoms with Crippen LogP contribution < -0.4 is 0 Å². The lowest BCUT2D eigenvalue weighted by Crippen LogP contribution is -2.42. The van der Waals surface area contributed by atoms with Crippen LogP contribution in [0.4, 0.5) is 0 Å². The van der Waals surface area contributed by atoms with Gasteiger partial charge in [-0.15, -0.1) is 0 Å². The van der Waals surface area contributed by atoms with E-state index in [0.29, 0.717) is 12.5 Å². The summed E-state index contributed by atoms with van der Waals surface area (Å²) in [5, 5.41) is 0. The van der Waals surface area contributed by atoms with Gasteiger partial charge in [-0.3, -0.25) is 4.79 Å². The van der Waals surface area contributed by atoms with Gasteiger partial charge in [0.1, 0.15) is 0 Å². The average molecular weight is 307 g/mol. The normalized spacial score (nSPS) is 20.8. The largest absolute Gasteiger partial charge is 0.469 e. The highest BCUT2D eigenvalue weighted by atomic mass is 32.2. The molecule has 0 amide bonds. The molecule has 0 bridgehead atoms. The number of ether oxygens (including phenoxy) is 1. The molecular weight excluding hydrogens is 282 g/mol. The van der Waals surface area contributed by atoms with Crippen molar-refractivity contribution in [3.05, 3.63) is 0 Å². The predicted molar refractivity (Wildman–Crippen MR) is 76.4 cm³/mol. The number of carbonyl (C=O) groups is 1. The van der Waals surface area contributed by atoms with Crippen LogP contribution in [-0.2, 0) is 19.7 Å². The maximum atomic E-state index is 12.3. The van der Waals surface area contributed by atoms with Crippen molar-refractivity contribution in [1.82, 2.24) is 13.5 Å². The molecule has 1 heterocycles. The van der Waals surface area contributed by atoms with Crippen molar-refractivity contribution < 1.29 is 17.9 Å². The van der Waals surface area contributed by atoms with Gasteiger partial charge in [0.05, 0.1) is 13.5 Å². The summed E-state index contributed by atoms with van der Waals surface area (Å²) in [6, 6.07) is 0. The van der Waals surface area contributed by atoms with Crippen LogP contribution in [0, 0.1) is 5.92 Å². The number of hydrogen-bond acceptors (Lipinski definition) is 5. The van der Waals surface area contributed by atoms with E-state index in [9.17, 15) is 13.2 Å². The number of hydrogen-bond donors (Lipinski definition) is 0. The summed E-state index contributed by atoms with van der Waals surface area (Å²) in [4.78, 5) is 13.3. The summed E-state index contributed by atoms with van der Waals surface area (Å²) in [7, 11) is 2.89. The molecular formula is C12H25N3O4S. The smallest absolute Gasteiger partial charge is 0.306 e. The molecule has 1 aliphatic rings. The molecule has 0 aromatic carbocycles. The van der Waals surface area contributed by atoms with Gasteiger partial charge >= 0.3 is 5.97 Å². The zero-order valence-electron chi connectivity index (χ0n) is 12.7. The van der Waals surface area contributed by atoms with Crippen LogP contribution in [0.5, 0.6) is 0 Å². The van der Waals surface area contributed by atoms with Crippen LogP contribution in [0.3, 0.4) is 0 Å². The van der Waals surface area contributed by atoms with E-state index in [1.165, 1.54) is 22.8 Å². The van der Waals surface area contributed by atoms with Crippen LogP contribution in [0.2, 0.25) is 0 Å². The fourth-order valence-corrected chi connectivity index (χ4v) is 3.53. The first-order chi connectivity index (χ1) is 9.27. The number of carbonyl (C=O) groups excluding carboxylic acids is 1. The Labute approximate surface area is 121 Å². The van der Waals surface area contributed by atoms with Gasteiger partial charge < -0.3 is 9.64 Å². The first kappa shape index (κ1) is 17.4. The van der Waals surface area contributed by atoms with E-state index >= 15 is 0 Å². The molecule has 1 saturated heterocycles. The third kappa shape index (κ3) is 4.69. The Kier molecular flexibility index (Phi) is 6.38. The number of nitrogens with zero attached hydrogens (tertiary/aromatic N) is 3. The van der Waals surface area contributed by atoms with Crippen LogP contribution in [0.15, 0.2) is 0 Å². The maximum absolute atomic E-state index is 12.3. The molecule has 20 heavy (non-hydrogen) atoms. The lowest BCUT2D eigenvalue weighted by atomic mass is 10.1. The molecule has 1 unspecified atom stereocenters. The lowest BCUT2D eigenvalue weighted by Gasteiger charge is -2.26. The summed E-state index contributed by atoms with van der Waals surface area (Å²) in [6.45, 7) is 2.57. The zero-order chi connectivity index (χ0) is 15.3. The molecule has 0 aliphatic carbocycles. The molecule has 1 aliphatic heterocycles. The standard InChI is InChI=1S/C12H25N3O4S/c1-13-7-5-11(9-13)10-15(3)20(17,18)14(2)8-6-12(16)19-4/h11H,5-10H2,1-4H3. The third-order valence-corrected chi connectivity index (χ3v) is 5.56. The Morgan fingerprint density at radius 1 is 1.35 bits per heavy atom. The van der Waals surface area contributed by atoms with E-state index in [4.69, 9.17) is 0 Å². The van der Waals surface area contributed by atoms with Crippen molar-refractivity contribution >= 4 is 16.2 Å². The Hall–Kier alpha value is -0.700.